The van der Waals surface area contributed by atoms with Crippen molar-refractivity contribution in [2.75, 3.05) is 12.4 Å². The smallest absolute Gasteiger partial charge is 0.211 e. The number of carbonyl (C=O) groups excluding carboxylic acids is 1. The van der Waals surface area contributed by atoms with Crippen LogP contribution in [-0.4, -0.2) is 17.9 Å². The molecule has 1 heterocycles. The van der Waals surface area contributed by atoms with Gasteiger partial charge in [-0.2, -0.15) is 0 Å². The number of aromatic nitrogens is 1. The predicted molar refractivity (Wildman–Crippen MR) is 117 cm³/mol. The molecule has 0 radical (unpaired) electrons. The Morgan fingerprint density at radius 1 is 0.967 bits per heavy atom. The maximum Gasteiger partial charge on any atom is 0.211 e. The lowest BCUT2D eigenvalue weighted by Crippen LogP contribution is -2.22. The Morgan fingerprint density at radius 2 is 1.67 bits per heavy atom. The number of Topliss-reactive ketones (excluding diaryl/α,β-unsaturated/α-hetero) is 1. The average Bonchev–Trinajstić information content (AvgIpc) is 3.20. The third kappa shape index (κ3) is 4.10. The van der Waals surface area contributed by atoms with E-state index in [0.717, 1.165) is 16.8 Å². The summed E-state index contributed by atoms with van der Waals surface area (Å²) in [7, 11) is 1.61. The number of anilines is 1. The molecule has 0 spiro atoms. The van der Waals surface area contributed by atoms with Crippen molar-refractivity contribution < 1.29 is 13.9 Å². The van der Waals surface area contributed by atoms with Crippen LogP contribution in [0, 0.1) is 6.92 Å². The number of ketones is 1. The van der Waals surface area contributed by atoms with Gasteiger partial charge >= 0.3 is 0 Å². The molecular weight excluding hydrogens is 376 g/mol. The van der Waals surface area contributed by atoms with Gasteiger partial charge in [0, 0.05) is 24.2 Å². The molecule has 150 valence electrons. The summed E-state index contributed by atoms with van der Waals surface area (Å²) < 4.78 is 11.1. The van der Waals surface area contributed by atoms with Crippen LogP contribution in [0.15, 0.2) is 89.3 Å². The monoisotopic (exact) mass is 398 g/mol. The number of methoxy groups -OCH3 is 1. The topological polar surface area (TPSA) is 64.4 Å². The zero-order valence-electron chi connectivity index (χ0n) is 16.8. The van der Waals surface area contributed by atoms with Gasteiger partial charge in [-0.1, -0.05) is 66.7 Å². The standard InChI is InChI=1S/C25H22N2O3/c1-17-26-23(25(30-17)19-12-7-4-8-13-19)24(28)22(18-10-5-3-6-11-18)27-20-14-9-15-21(16-20)29-2/h3-16,22,27H,1-2H3. The van der Waals surface area contributed by atoms with Crippen molar-refractivity contribution in [1.82, 2.24) is 4.98 Å². The molecule has 3 aromatic carbocycles. The number of hydrogen-bond acceptors (Lipinski definition) is 5. The third-order valence-corrected chi connectivity index (χ3v) is 4.78. The number of carbonyl (C=O) groups is 1. The summed E-state index contributed by atoms with van der Waals surface area (Å²) in [6.45, 7) is 1.75. The molecule has 0 amide bonds. The summed E-state index contributed by atoms with van der Waals surface area (Å²) >= 11 is 0. The van der Waals surface area contributed by atoms with Gasteiger partial charge in [-0.25, -0.2) is 4.98 Å². The molecule has 5 nitrogen and oxygen atoms in total. The van der Waals surface area contributed by atoms with E-state index in [4.69, 9.17) is 9.15 Å². The molecule has 4 rings (SSSR count). The van der Waals surface area contributed by atoms with E-state index in [1.54, 1.807) is 14.0 Å². The minimum Gasteiger partial charge on any atom is -0.497 e. The molecule has 1 aromatic heterocycles. The fraction of sp³-hybridized carbons (Fsp3) is 0.120. The van der Waals surface area contributed by atoms with Crippen molar-refractivity contribution in [1.29, 1.82) is 0 Å². The molecule has 1 N–H and O–H groups in total. The lowest BCUT2D eigenvalue weighted by Gasteiger charge is -2.19. The first-order valence-corrected chi connectivity index (χ1v) is 9.68. The lowest BCUT2D eigenvalue weighted by molar-refractivity contribution is 0.0965. The average molecular weight is 398 g/mol. The molecule has 1 atom stereocenters. The third-order valence-electron chi connectivity index (χ3n) is 4.78. The summed E-state index contributed by atoms with van der Waals surface area (Å²) in [5, 5.41) is 3.35. The minimum absolute atomic E-state index is 0.167. The second kappa shape index (κ2) is 8.66. The minimum atomic E-state index is -0.634. The zero-order valence-corrected chi connectivity index (χ0v) is 16.8. The number of aryl methyl sites for hydroxylation is 1. The van der Waals surface area contributed by atoms with Crippen molar-refractivity contribution >= 4 is 11.5 Å². The van der Waals surface area contributed by atoms with Gasteiger partial charge in [0.1, 0.15) is 11.8 Å². The maximum absolute atomic E-state index is 13.7. The van der Waals surface area contributed by atoms with Crippen molar-refractivity contribution in [3.63, 3.8) is 0 Å². The van der Waals surface area contributed by atoms with Crippen molar-refractivity contribution in [3.8, 4) is 17.1 Å². The molecule has 0 saturated heterocycles. The van der Waals surface area contributed by atoms with Gasteiger partial charge in [0.25, 0.3) is 0 Å². The van der Waals surface area contributed by atoms with E-state index in [9.17, 15) is 4.79 Å². The van der Waals surface area contributed by atoms with E-state index < -0.39 is 6.04 Å². The van der Waals surface area contributed by atoms with E-state index in [1.165, 1.54) is 0 Å². The van der Waals surface area contributed by atoms with Crippen LogP contribution in [0.3, 0.4) is 0 Å². The van der Waals surface area contributed by atoms with Gasteiger partial charge in [-0.05, 0) is 17.7 Å². The predicted octanol–water partition coefficient (Wildman–Crippen LogP) is 5.69. The maximum atomic E-state index is 13.7. The highest BCUT2D eigenvalue weighted by atomic mass is 16.5. The number of benzene rings is 3. The van der Waals surface area contributed by atoms with Crippen molar-refractivity contribution in [2.45, 2.75) is 13.0 Å². The fourth-order valence-corrected chi connectivity index (χ4v) is 3.34. The fourth-order valence-electron chi connectivity index (χ4n) is 3.34. The number of nitrogens with one attached hydrogen (secondary N) is 1. The van der Waals surface area contributed by atoms with Crippen LogP contribution in [0.1, 0.15) is 28.0 Å². The Labute approximate surface area is 175 Å². The zero-order chi connectivity index (χ0) is 20.9. The highest BCUT2D eigenvalue weighted by molar-refractivity contribution is 6.04. The number of ether oxygens (including phenoxy) is 1. The second-order valence-electron chi connectivity index (χ2n) is 6.86. The SMILES string of the molecule is COc1cccc(NC(C(=O)c2nc(C)oc2-c2ccccc2)c2ccccc2)c1. The van der Waals surface area contributed by atoms with Gasteiger partial charge in [0.05, 0.1) is 7.11 Å². The lowest BCUT2D eigenvalue weighted by atomic mass is 9.98. The van der Waals surface area contributed by atoms with Gasteiger partial charge < -0.3 is 14.5 Å². The Morgan fingerprint density at radius 3 is 2.37 bits per heavy atom. The van der Waals surface area contributed by atoms with Gasteiger partial charge in [-0.3, -0.25) is 4.79 Å². The highest BCUT2D eigenvalue weighted by Gasteiger charge is 2.28. The van der Waals surface area contributed by atoms with Gasteiger partial charge in [0.2, 0.25) is 5.78 Å². The molecule has 0 aliphatic heterocycles. The molecule has 0 saturated carbocycles. The van der Waals surface area contributed by atoms with E-state index in [-0.39, 0.29) is 5.78 Å². The van der Waals surface area contributed by atoms with Crippen LogP contribution >= 0.6 is 0 Å². The van der Waals surface area contributed by atoms with Crippen LogP contribution in [0.2, 0.25) is 0 Å². The van der Waals surface area contributed by atoms with Gasteiger partial charge in [0.15, 0.2) is 17.3 Å². The van der Waals surface area contributed by atoms with E-state index in [1.807, 2.05) is 84.9 Å². The molecule has 4 aromatic rings. The molecule has 0 aliphatic carbocycles. The first-order chi connectivity index (χ1) is 14.7. The largest absolute Gasteiger partial charge is 0.497 e. The second-order valence-corrected chi connectivity index (χ2v) is 6.86. The molecule has 0 aliphatic rings. The Kier molecular flexibility index (Phi) is 5.61. The molecule has 0 fully saturated rings. The van der Waals surface area contributed by atoms with Crippen LogP contribution in [0.4, 0.5) is 5.69 Å². The Balaban J connectivity index is 1.76. The molecule has 5 heteroatoms. The molecular formula is C25H22N2O3. The molecule has 1 unspecified atom stereocenters. The number of hydrogen-bond donors (Lipinski definition) is 1. The number of nitrogens with zero attached hydrogens (tertiary/aromatic N) is 1. The van der Waals surface area contributed by atoms with Gasteiger partial charge in [-0.15, -0.1) is 0 Å². The normalized spacial score (nSPS) is 11.7. The van der Waals surface area contributed by atoms with E-state index in [2.05, 4.69) is 10.3 Å². The van der Waals surface area contributed by atoms with Crippen LogP contribution in [0.5, 0.6) is 5.75 Å². The first kappa shape index (κ1) is 19.5. The molecule has 0 bridgehead atoms. The number of rotatable bonds is 7. The summed E-state index contributed by atoms with van der Waals surface area (Å²) in [5.41, 5.74) is 2.74. The highest BCUT2D eigenvalue weighted by Crippen LogP contribution is 2.31. The van der Waals surface area contributed by atoms with Crippen LogP contribution < -0.4 is 10.1 Å². The first-order valence-electron chi connectivity index (χ1n) is 9.68. The van der Waals surface area contributed by atoms with E-state index in [0.29, 0.717) is 23.1 Å². The van der Waals surface area contributed by atoms with Crippen LogP contribution in [-0.2, 0) is 0 Å². The van der Waals surface area contributed by atoms with E-state index >= 15 is 0 Å². The van der Waals surface area contributed by atoms with Crippen molar-refractivity contribution in [2.24, 2.45) is 0 Å². The summed E-state index contributed by atoms with van der Waals surface area (Å²) in [5.74, 6) is 1.47. The molecule has 30 heavy (non-hydrogen) atoms. The Hall–Kier alpha value is -3.86. The van der Waals surface area contributed by atoms with Crippen LogP contribution in [0.25, 0.3) is 11.3 Å². The Bertz CT molecular complexity index is 1140. The number of oxazole rings is 1. The summed E-state index contributed by atoms with van der Waals surface area (Å²) in [6.07, 6.45) is 0. The van der Waals surface area contributed by atoms with Crippen molar-refractivity contribution in [3.05, 3.63) is 102 Å². The summed E-state index contributed by atoms with van der Waals surface area (Å²) in [4.78, 5) is 18.1. The quantitative estimate of drug-likeness (QED) is 0.405. The summed E-state index contributed by atoms with van der Waals surface area (Å²) in [6, 6.07) is 26.0.